The summed E-state index contributed by atoms with van der Waals surface area (Å²) < 4.78 is 33.3. The Morgan fingerprint density at radius 2 is 1.96 bits per heavy atom. The largest absolute Gasteiger partial charge is 0.493 e. The minimum Gasteiger partial charge on any atom is -0.493 e. The average Bonchev–Trinajstić information content (AvgIpc) is 2.86. The van der Waals surface area contributed by atoms with Crippen LogP contribution in [-0.2, 0) is 16.6 Å². The number of hydrogen-bond acceptors (Lipinski definition) is 5. The van der Waals surface area contributed by atoms with Gasteiger partial charge in [-0.1, -0.05) is 26.0 Å². The molecule has 2 aromatic rings. The van der Waals surface area contributed by atoms with E-state index in [2.05, 4.69) is 35.8 Å². The standard InChI is InChI=1S/C15H20N4O3S/c1-15(2,3)10-22-12-6-4-11(5-7-12)13-14-17-23(20,21)9-8-19(14)18-16-13/h4-7,17H,8-10H2,1-3H3. The fourth-order valence-electron chi connectivity index (χ4n) is 2.18. The number of hydrogen-bond donors (Lipinski definition) is 1. The zero-order valence-electron chi connectivity index (χ0n) is 13.4. The molecule has 0 saturated carbocycles. The lowest BCUT2D eigenvalue weighted by Crippen LogP contribution is -2.28. The summed E-state index contributed by atoms with van der Waals surface area (Å²) in [5.41, 5.74) is 1.40. The van der Waals surface area contributed by atoms with Gasteiger partial charge in [0.2, 0.25) is 10.0 Å². The van der Waals surface area contributed by atoms with E-state index in [9.17, 15) is 8.42 Å². The maximum absolute atomic E-state index is 11.7. The first-order valence-corrected chi connectivity index (χ1v) is 9.06. The maximum atomic E-state index is 11.7. The van der Waals surface area contributed by atoms with E-state index in [1.807, 2.05) is 24.3 Å². The first-order valence-electron chi connectivity index (χ1n) is 7.41. The summed E-state index contributed by atoms with van der Waals surface area (Å²) in [5, 5.41) is 8.09. The molecule has 1 aromatic carbocycles. The normalized spacial score (nSPS) is 16.5. The zero-order valence-corrected chi connectivity index (χ0v) is 14.2. The Hall–Kier alpha value is -2.09. The number of nitrogens with one attached hydrogen (secondary N) is 1. The van der Waals surface area contributed by atoms with Crippen molar-refractivity contribution in [2.75, 3.05) is 17.1 Å². The van der Waals surface area contributed by atoms with Crippen molar-refractivity contribution in [1.82, 2.24) is 15.0 Å². The molecule has 0 aliphatic carbocycles. The van der Waals surface area contributed by atoms with Crippen LogP contribution in [0.2, 0.25) is 0 Å². The van der Waals surface area contributed by atoms with Crippen molar-refractivity contribution in [3.05, 3.63) is 24.3 Å². The highest BCUT2D eigenvalue weighted by Gasteiger charge is 2.25. The van der Waals surface area contributed by atoms with E-state index in [1.54, 1.807) is 4.68 Å². The van der Waals surface area contributed by atoms with Crippen LogP contribution in [-0.4, -0.2) is 35.8 Å². The number of anilines is 1. The van der Waals surface area contributed by atoms with Crippen LogP contribution in [0, 0.1) is 5.41 Å². The topological polar surface area (TPSA) is 86.1 Å². The van der Waals surface area contributed by atoms with E-state index in [0.717, 1.165) is 11.3 Å². The van der Waals surface area contributed by atoms with Gasteiger partial charge in [0.05, 0.1) is 18.9 Å². The quantitative estimate of drug-likeness (QED) is 0.928. The van der Waals surface area contributed by atoms with Gasteiger partial charge in [-0.05, 0) is 29.7 Å². The van der Waals surface area contributed by atoms with Gasteiger partial charge < -0.3 is 4.74 Å². The van der Waals surface area contributed by atoms with E-state index in [0.29, 0.717) is 24.7 Å². The first kappa shape index (κ1) is 15.8. The van der Waals surface area contributed by atoms with E-state index >= 15 is 0 Å². The minimum atomic E-state index is -3.31. The van der Waals surface area contributed by atoms with Crippen LogP contribution in [0.3, 0.4) is 0 Å². The Bertz CT molecular complexity index is 804. The number of sulfonamides is 1. The first-order chi connectivity index (χ1) is 10.7. The third-order valence-corrected chi connectivity index (χ3v) is 4.58. The molecule has 2 heterocycles. The molecule has 0 saturated heterocycles. The van der Waals surface area contributed by atoms with E-state index in [-0.39, 0.29) is 11.2 Å². The predicted molar refractivity (Wildman–Crippen MR) is 87.8 cm³/mol. The van der Waals surface area contributed by atoms with E-state index in [1.165, 1.54) is 0 Å². The van der Waals surface area contributed by atoms with Gasteiger partial charge in [-0.2, -0.15) is 0 Å². The van der Waals surface area contributed by atoms with Gasteiger partial charge >= 0.3 is 0 Å². The predicted octanol–water partition coefficient (Wildman–Crippen LogP) is 2.13. The molecular weight excluding hydrogens is 316 g/mol. The molecule has 3 rings (SSSR count). The maximum Gasteiger partial charge on any atom is 0.235 e. The number of benzene rings is 1. The third kappa shape index (κ3) is 3.64. The van der Waals surface area contributed by atoms with Gasteiger partial charge in [0.25, 0.3) is 0 Å². The Labute approximate surface area is 135 Å². The lowest BCUT2D eigenvalue weighted by molar-refractivity contribution is 0.198. The van der Waals surface area contributed by atoms with Gasteiger partial charge in [-0.3, -0.25) is 4.72 Å². The second kappa shape index (κ2) is 5.52. The summed E-state index contributed by atoms with van der Waals surface area (Å²) in [7, 11) is -3.31. The van der Waals surface area contributed by atoms with E-state index < -0.39 is 10.0 Å². The van der Waals surface area contributed by atoms with Crippen molar-refractivity contribution in [3.63, 3.8) is 0 Å². The lowest BCUT2D eigenvalue weighted by Gasteiger charge is -2.19. The number of nitrogens with zero attached hydrogens (tertiary/aromatic N) is 3. The Morgan fingerprint density at radius 3 is 2.61 bits per heavy atom. The molecule has 1 aliphatic heterocycles. The summed E-state index contributed by atoms with van der Waals surface area (Å²) >= 11 is 0. The van der Waals surface area contributed by atoms with Crippen LogP contribution in [0.5, 0.6) is 5.75 Å². The van der Waals surface area contributed by atoms with Crippen LogP contribution in [0.15, 0.2) is 24.3 Å². The second-order valence-electron chi connectivity index (χ2n) is 6.80. The highest BCUT2D eigenvalue weighted by atomic mass is 32.2. The van der Waals surface area contributed by atoms with Crippen molar-refractivity contribution in [2.24, 2.45) is 5.41 Å². The molecule has 1 N–H and O–H groups in total. The van der Waals surface area contributed by atoms with Gasteiger partial charge in [-0.15, -0.1) is 5.10 Å². The summed E-state index contributed by atoms with van der Waals surface area (Å²) in [6.07, 6.45) is 0. The number of rotatable bonds is 3. The van der Waals surface area contributed by atoms with E-state index in [4.69, 9.17) is 4.74 Å². The zero-order chi connectivity index (χ0) is 16.7. The van der Waals surface area contributed by atoms with Gasteiger partial charge in [0, 0.05) is 5.56 Å². The molecule has 0 fully saturated rings. The molecule has 0 atom stereocenters. The molecule has 7 nitrogen and oxygen atoms in total. The Morgan fingerprint density at radius 1 is 1.26 bits per heavy atom. The van der Waals surface area contributed by atoms with Crippen LogP contribution >= 0.6 is 0 Å². The molecule has 23 heavy (non-hydrogen) atoms. The summed E-state index contributed by atoms with van der Waals surface area (Å²) in [4.78, 5) is 0. The molecular formula is C15H20N4O3S. The summed E-state index contributed by atoms with van der Waals surface area (Å²) in [6.45, 7) is 7.25. The van der Waals surface area contributed by atoms with Crippen molar-refractivity contribution in [1.29, 1.82) is 0 Å². The minimum absolute atomic E-state index is 0.0163. The highest BCUT2D eigenvalue weighted by molar-refractivity contribution is 7.92. The second-order valence-corrected chi connectivity index (χ2v) is 8.65. The van der Waals surface area contributed by atoms with Crippen molar-refractivity contribution in [2.45, 2.75) is 27.3 Å². The highest BCUT2D eigenvalue weighted by Crippen LogP contribution is 2.30. The van der Waals surface area contributed by atoms with Crippen LogP contribution in [0.1, 0.15) is 20.8 Å². The fourth-order valence-corrected chi connectivity index (χ4v) is 3.19. The number of fused-ring (bicyclic) bond motifs is 1. The number of aryl methyl sites for hydroxylation is 1. The lowest BCUT2D eigenvalue weighted by atomic mass is 9.99. The van der Waals surface area contributed by atoms with Crippen LogP contribution in [0.4, 0.5) is 5.82 Å². The number of aromatic nitrogens is 3. The molecule has 124 valence electrons. The van der Waals surface area contributed by atoms with Crippen molar-refractivity contribution < 1.29 is 13.2 Å². The smallest absolute Gasteiger partial charge is 0.235 e. The average molecular weight is 336 g/mol. The molecule has 0 radical (unpaired) electrons. The van der Waals surface area contributed by atoms with Crippen molar-refractivity contribution in [3.8, 4) is 17.0 Å². The molecule has 0 amide bonds. The number of ether oxygens (including phenoxy) is 1. The molecule has 0 unspecified atom stereocenters. The van der Waals surface area contributed by atoms with Gasteiger partial charge in [0.1, 0.15) is 11.4 Å². The van der Waals surface area contributed by atoms with Gasteiger partial charge in [0.15, 0.2) is 5.82 Å². The Balaban J connectivity index is 1.82. The summed E-state index contributed by atoms with van der Waals surface area (Å²) in [6, 6.07) is 7.41. The molecule has 1 aliphatic rings. The van der Waals surface area contributed by atoms with Crippen LogP contribution < -0.4 is 9.46 Å². The fraction of sp³-hybridized carbons (Fsp3) is 0.467. The molecule has 8 heteroatoms. The molecule has 1 aromatic heterocycles. The van der Waals surface area contributed by atoms with Gasteiger partial charge in [-0.25, -0.2) is 13.1 Å². The van der Waals surface area contributed by atoms with Crippen molar-refractivity contribution >= 4 is 15.8 Å². The third-order valence-electron chi connectivity index (χ3n) is 3.36. The SMILES string of the molecule is CC(C)(C)COc1ccc(-c2nnn3c2NS(=O)(=O)CC3)cc1. The molecule has 0 spiro atoms. The monoisotopic (exact) mass is 336 g/mol. The summed E-state index contributed by atoms with van der Waals surface area (Å²) in [5.74, 6) is 1.20. The van der Waals surface area contributed by atoms with Crippen LogP contribution in [0.25, 0.3) is 11.3 Å². The molecule has 0 bridgehead atoms. The Kier molecular flexibility index (Phi) is 3.79.